The number of nitrogens with zero attached hydrogens (tertiary/aromatic N) is 2. The largest absolute Gasteiger partial charge is 0.506 e. The van der Waals surface area contributed by atoms with Gasteiger partial charge in [-0.25, -0.2) is 4.79 Å². The van der Waals surface area contributed by atoms with Crippen molar-refractivity contribution in [1.82, 2.24) is 4.90 Å². The van der Waals surface area contributed by atoms with E-state index in [0.29, 0.717) is 48.3 Å². The van der Waals surface area contributed by atoms with Crippen LogP contribution in [0.4, 0.5) is 0 Å². The van der Waals surface area contributed by atoms with Crippen LogP contribution in [-0.4, -0.2) is 65.4 Å². The summed E-state index contributed by atoms with van der Waals surface area (Å²) in [5.74, 6) is 1.16. The summed E-state index contributed by atoms with van der Waals surface area (Å²) in [5, 5.41) is 14.7. The number of hydrogen-bond donors (Lipinski definition) is 1. The predicted molar refractivity (Wildman–Crippen MR) is 136 cm³/mol. The fourth-order valence-electron chi connectivity index (χ4n) is 3.77. The van der Waals surface area contributed by atoms with Crippen LogP contribution in [-0.2, 0) is 27.2 Å². The number of cyclic esters (lactones) is 1. The quantitative estimate of drug-likeness (QED) is 0.366. The minimum Gasteiger partial charge on any atom is -0.506 e. The maximum absolute atomic E-state index is 13.0. The molecule has 0 spiro atoms. The van der Waals surface area contributed by atoms with Crippen molar-refractivity contribution < 1.29 is 24.3 Å². The fourth-order valence-corrected chi connectivity index (χ4v) is 4.89. The second-order valence-corrected chi connectivity index (χ2v) is 9.58. The van der Waals surface area contributed by atoms with Gasteiger partial charge in [0.2, 0.25) is 0 Å². The molecule has 7 nitrogen and oxygen atoms in total. The van der Waals surface area contributed by atoms with Crippen molar-refractivity contribution in [3.8, 4) is 5.75 Å². The van der Waals surface area contributed by atoms with Crippen molar-refractivity contribution in [3.63, 3.8) is 0 Å². The van der Waals surface area contributed by atoms with Gasteiger partial charge >= 0.3 is 5.97 Å². The Labute approximate surface area is 209 Å². The summed E-state index contributed by atoms with van der Waals surface area (Å²) in [6.07, 6.45) is 10.7. The number of aromatic hydroxyl groups is 1. The summed E-state index contributed by atoms with van der Waals surface area (Å²) >= 11 is 8.29. The molecule has 34 heavy (non-hydrogen) atoms. The van der Waals surface area contributed by atoms with E-state index in [0.717, 1.165) is 24.3 Å². The fraction of sp³-hybridized carbons (Fsp3) is 0.480. The summed E-state index contributed by atoms with van der Waals surface area (Å²) < 4.78 is 5.49. The van der Waals surface area contributed by atoms with Gasteiger partial charge in [-0.1, -0.05) is 41.9 Å². The topological polar surface area (TPSA) is 88.4 Å². The van der Waals surface area contributed by atoms with E-state index < -0.39 is 5.97 Å². The lowest BCUT2D eigenvalue weighted by Gasteiger charge is -2.25. The average molecular weight is 507 g/mol. The second-order valence-electron chi connectivity index (χ2n) is 7.98. The predicted octanol–water partition coefficient (Wildman–Crippen LogP) is 4.55. The van der Waals surface area contributed by atoms with Crippen molar-refractivity contribution in [2.45, 2.75) is 39.0 Å². The molecule has 0 atom stereocenters. The zero-order chi connectivity index (χ0) is 24.3. The van der Waals surface area contributed by atoms with Crippen molar-refractivity contribution in [2.75, 3.05) is 37.8 Å². The monoisotopic (exact) mass is 506 g/mol. The number of oxime groups is 1. The number of amides is 1. The minimum atomic E-state index is -0.485. The van der Waals surface area contributed by atoms with Gasteiger partial charge in [0.05, 0.1) is 22.9 Å². The van der Waals surface area contributed by atoms with E-state index in [9.17, 15) is 14.7 Å². The number of rotatable bonds is 4. The Morgan fingerprint density at radius 1 is 1.24 bits per heavy atom. The third-order valence-electron chi connectivity index (χ3n) is 5.59. The molecule has 0 aliphatic carbocycles. The van der Waals surface area contributed by atoms with Crippen LogP contribution in [0.15, 0.2) is 35.5 Å². The summed E-state index contributed by atoms with van der Waals surface area (Å²) in [6, 6.07) is 1.50. The molecule has 184 valence electrons. The minimum absolute atomic E-state index is 0.0825. The highest BCUT2D eigenvalue weighted by Crippen LogP contribution is 2.34. The normalized spacial score (nSPS) is 20.7. The number of hydrogen-bond acceptors (Lipinski definition) is 7. The highest BCUT2D eigenvalue weighted by atomic mass is 35.5. The van der Waals surface area contributed by atoms with Gasteiger partial charge in [0.25, 0.3) is 5.91 Å². The van der Waals surface area contributed by atoms with Crippen molar-refractivity contribution in [2.24, 2.45) is 5.16 Å². The van der Waals surface area contributed by atoms with Crippen LogP contribution in [0.2, 0.25) is 5.02 Å². The molecule has 1 saturated heterocycles. The third-order valence-corrected chi connectivity index (χ3v) is 6.96. The highest BCUT2D eigenvalue weighted by molar-refractivity contribution is 7.99. The smallest absolute Gasteiger partial charge is 0.338 e. The number of halogens is 1. The summed E-state index contributed by atoms with van der Waals surface area (Å²) in [6.45, 7) is 3.41. The Hall–Kier alpha value is -2.45. The van der Waals surface area contributed by atoms with Crippen molar-refractivity contribution in [3.05, 3.63) is 52.1 Å². The van der Waals surface area contributed by atoms with Gasteiger partial charge in [-0.3, -0.25) is 4.79 Å². The number of aryl methyl sites for hydroxylation is 1. The SMILES string of the molecule is CCc1cc(O)c(Cl)c2c1C(=O)OCC/C=C/CC/C=C/C(=N\OCC(=O)N1CCSCC1)C2. The first-order chi connectivity index (χ1) is 16.5. The molecule has 1 aromatic carbocycles. The van der Waals surface area contributed by atoms with Crippen LogP contribution >= 0.6 is 23.4 Å². The molecule has 2 heterocycles. The van der Waals surface area contributed by atoms with Gasteiger partial charge in [-0.15, -0.1) is 0 Å². The number of thioether (sulfide) groups is 1. The lowest BCUT2D eigenvalue weighted by Crippen LogP contribution is -2.39. The number of carbonyl (C=O) groups is 2. The zero-order valence-corrected chi connectivity index (χ0v) is 21.0. The van der Waals surface area contributed by atoms with Gasteiger partial charge < -0.3 is 19.6 Å². The van der Waals surface area contributed by atoms with E-state index in [2.05, 4.69) is 5.16 Å². The second kappa shape index (κ2) is 13.4. The van der Waals surface area contributed by atoms with Gasteiger partial charge in [-0.05, 0) is 49.0 Å². The summed E-state index contributed by atoms with van der Waals surface area (Å²) in [5.41, 5.74) is 1.91. The Bertz CT molecular complexity index is 971. The zero-order valence-electron chi connectivity index (χ0n) is 19.4. The van der Waals surface area contributed by atoms with Crippen LogP contribution in [0, 0.1) is 0 Å². The Balaban J connectivity index is 1.89. The van der Waals surface area contributed by atoms with E-state index in [-0.39, 0.29) is 36.3 Å². The molecule has 0 aromatic heterocycles. The number of phenols is 1. The maximum atomic E-state index is 13.0. The summed E-state index contributed by atoms with van der Waals surface area (Å²) in [4.78, 5) is 32.6. The molecule has 0 radical (unpaired) electrons. The van der Waals surface area contributed by atoms with E-state index in [1.54, 1.807) is 4.90 Å². The molecule has 0 bridgehead atoms. The van der Waals surface area contributed by atoms with Crippen LogP contribution in [0.5, 0.6) is 5.75 Å². The number of benzene rings is 1. The number of phenolic OH excluding ortho intramolecular Hbond substituents is 1. The summed E-state index contributed by atoms with van der Waals surface area (Å²) in [7, 11) is 0. The average Bonchev–Trinajstić information content (AvgIpc) is 2.85. The first-order valence-corrected chi connectivity index (χ1v) is 13.1. The molecule has 0 unspecified atom stereocenters. The number of fused-ring (bicyclic) bond motifs is 1. The molecule has 1 N–H and O–H groups in total. The Kier molecular flexibility index (Phi) is 10.3. The van der Waals surface area contributed by atoms with Crippen LogP contribution in [0.25, 0.3) is 0 Å². The first kappa shape index (κ1) is 26.2. The molecule has 1 aromatic rings. The Morgan fingerprint density at radius 2 is 1.97 bits per heavy atom. The molecule has 2 aliphatic heterocycles. The van der Waals surface area contributed by atoms with E-state index in [1.165, 1.54) is 6.07 Å². The van der Waals surface area contributed by atoms with E-state index in [1.807, 2.05) is 43.0 Å². The van der Waals surface area contributed by atoms with E-state index in [4.69, 9.17) is 21.2 Å². The number of allylic oxidation sites excluding steroid dienone is 3. The number of esters is 1. The van der Waals surface area contributed by atoms with Gasteiger partial charge in [0, 0.05) is 31.0 Å². The molecule has 0 saturated carbocycles. The maximum Gasteiger partial charge on any atom is 0.338 e. The van der Waals surface area contributed by atoms with Crippen molar-refractivity contribution in [1.29, 1.82) is 0 Å². The van der Waals surface area contributed by atoms with E-state index >= 15 is 0 Å². The van der Waals surface area contributed by atoms with Gasteiger partial charge in [-0.2, -0.15) is 11.8 Å². The van der Waals surface area contributed by atoms with Crippen LogP contribution in [0.1, 0.15) is 47.7 Å². The third kappa shape index (κ3) is 7.27. The molecule has 9 heteroatoms. The van der Waals surface area contributed by atoms with Gasteiger partial charge in [0.1, 0.15) is 5.75 Å². The number of ether oxygens (including phenoxy) is 1. The van der Waals surface area contributed by atoms with Crippen molar-refractivity contribution >= 4 is 41.0 Å². The van der Waals surface area contributed by atoms with Gasteiger partial charge in [0.15, 0.2) is 6.61 Å². The molecular formula is C25H31ClN2O5S. The van der Waals surface area contributed by atoms with Crippen LogP contribution < -0.4 is 0 Å². The molecular weight excluding hydrogens is 476 g/mol. The standard InChI is InChI=1S/C25H31ClN2O5S/c1-2-18-15-21(29)24(26)20-16-19(27-33-17-22(30)28-10-13-34-14-11-28)9-7-5-3-4-6-8-12-32-25(31)23(18)20/h4,6-7,9,15,29H,2-3,5,8,10-14,16-17H2,1H3/b6-4+,9-7+,27-19+. The molecule has 3 rings (SSSR count). The Morgan fingerprint density at radius 3 is 2.74 bits per heavy atom. The lowest BCUT2D eigenvalue weighted by molar-refractivity contribution is -0.135. The molecule has 1 fully saturated rings. The number of carbonyl (C=O) groups excluding carboxylic acids is 2. The molecule has 1 amide bonds. The lowest BCUT2D eigenvalue weighted by atomic mass is 9.94. The first-order valence-electron chi connectivity index (χ1n) is 11.6. The van der Waals surface area contributed by atoms with Crippen LogP contribution in [0.3, 0.4) is 0 Å². The highest BCUT2D eigenvalue weighted by Gasteiger charge is 2.24. The molecule has 2 aliphatic rings.